The number of rotatable bonds is 0. The molecule has 0 heteroatoms. The molecule has 4 aliphatic carbocycles. The molecule has 8 atom stereocenters. The van der Waals surface area contributed by atoms with Gasteiger partial charge in [-0.2, -0.15) is 0 Å². The Bertz CT molecular complexity index is 275. The van der Waals surface area contributed by atoms with Gasteiger partial charge in [0.1, 0.15) is 0 Å². The fraction of sp³-hybridized carbons (Fsp3) is 0.857. The number of hydrogen-bond donors (Lipinski definition) is 0. The fourth-order valence-corrected chi connectivity index (χ4v) is 5.64. The maximum atomic E-state index is 2.55. The van der Waals surface area contributed by atoms with Gasteiger partial charge in [0.2, 0.25) is 0 Å². The lowest BCUT2D eigenvalue weighted by atomic mass is 9.66. The van der Waals surface area contributed by atoms with Crippen LogP contribution in [-0.4, -0.2) is 0 Å². The summed E-state index contributed by atoms with van der Waals surface area (Å²) in [6.45, 7) is 5.03. The summed E-state index contributed by atoms with van der Waals surface area (Å²) in [5.41, 5.74) is 0. The maximum absolute atomic E-state index is 2.55. The normalized spacial score (nSPS) is 67.9. The lowest BCUT2D eigenvalue weighted by molar-refractivity contribution is 0.108. The Morgan fingerprint density at radius 1 is 0.786 bits per heavy atom. The maximum Gasteiger partial charge on any atom is -0.0194 e. The Hall–Kier alpha value is -0.260. The van der Waals surface area contributed by atoms with E-state index in [1.54, 1.807) is 6.42 Å². The van der Waals surface area contributed by atoms with Crippen LogP contribution >= 0.6 is 0 Å². The third-order valence-electron chi connectivity index (χ3n) is 6.30. The summed E-state index contributed by atoms with van der Waals surface area (Å²) >= 11 is 0. The Kier molecular flexibility index (Phi) is 1.30. The monoisotopic (exact) mass is 188 g/mol. The van der Waals surface area contributed by atoms with Gasteiger partial charge >= 0.3 is 0 Å². The molecule has 4 bridgehead atoms. The summed E-state index contributed by atoms with van der Waals surface area (Å²) in [4.78, 5) is 0. The number of allylic oxidation sites excluding steroid dienone is 2. The van der Waals surface area contributed by atoms with Crippen molar-refractivity contribution in [1.29, 1.82) is 0 Å². The van der Waals surface area contributed by atoms with Gasteiger partial charge in [0.15, 0.2) is 0 Å². The summed E-state index contributed by atoms with van der Waals surface area (Å²) in [6.07, 6.45) is 8.18. The first kappa shape index (κ1) is 7.96. The zero-order valence-corrected chi connectivity index (χ0v) is 9.19. The molecule has 0 aliphatic heterocycles. The third-order valence-corrected chi connectivity index (χ3v) is 6.30. The van der Waals surface area contributed by atoms with E-state index in [9.17, 15) is 0 Å². The van der Waals surface area contributed by atoms with Gasteiger partial charge in [-0.3, -0.25) is 0 Å². The van der Waals surface area contributed by atoms with Gasteiger partial charge in [0.05, 0.1) is 0 Å². The number of hydrogen-bond acceptors (Lipinski definition) is 0. The average Bonchev–Trinajstić information content (AvgIpc) is 2.87. The van der Waals surface area contributed by atoms with E-state index in [0.717, 1.165) is 47.3 Å². The lowest BCUT2D eigenvalue weighted by Gasteiger charge is -2.39. The molecule has 76 valence electrons. The van der Waals surface area contributed by atoms with Crippen molar-refractivity contribution in [1.82, 2.24) is 0 Å². The molecule has 0 saturated heterocycles. The zero-order chi connectivity index (χ0) is 9.45. The molecule has 0 aromatic rings. The largest absolute Gasteiger partial charge is 0.0848 e. The molecule has 0 N–H and O–H groups in total. The highest BCUT2D eigenvalue weighted by Crippen LogP contribution is 2.68. The first-order valence-corrected chi connectivity index (χ1v) is 6.45. The van der Waals surface area contributed by atoms with Crippen LogP contribution in [0, 0.1) is 47.3 Å². The van der Waals surface area contributed by atoms with Crippen molar-refractivity contribution >= 4 is 0 Å². The van der Waals surface area contributed by atoms with Gasteiger partial charge in [0, 0.05) is 0 Å². The van der Waals surface area contributed by atoms with E-state index in [1.807, 2.05) is 0 Å². The third kappa shape index (κ3) is 0.677. The molecule has 3 fully saturated rings. The minimum absolute atomic E-state index is 0.995. The van der Waals surface area contributed by atoms with Gasteiger partial charge < -0.3 is 0 Å². The van der Waals surface area contributed by atoms with Crippen molar-refractivity contribution in [3.05, 3.63) is 12.2 Å². The second kappa shape index (κ2) is 2.28. The van der Waals surface area contributed by atoms with Crippen LogP contribution in [0.15, 0.2) is 12.2 Å². The van der Waals surface area contributed by atoms with E-state index in [2.05, 4.69) is 26.0 Å². The molecular weight excluding hydrogens is 168 g/mol. The first-order chi connectivity index (χ1) is 6.77. The summed E-state index contributed by atoms with van der Waals surface area (Å²) < 4.78 is 0. The molecule has 0 aromatic carbocycles. The Morgan fingerprint density at radius 2 is 1.29 bits per heavy atom. The predicted molar refractivity (Wildman–Crippen MR) is 57.6 cm³/mol. The molecule has 0 amide bonds. The molecule has 4 rings (SSSR count). The summed E-state index contributed by atoms with van der Waals surface area (Å²) in [5, 5.41) is 0. The topological polar surface area (TPSA) is 0 Å². The molecular formula is C14H20. The summed E-state index contributed by atoms with van der Waals surface area (Å²) in [5.74, 6) is 8.45. The van der Waals surface area contributed by atoms with Crippen LogP contribution in [0.1, 0.15) is 26.7 Å². The second-order valence-electron chi connectivity index (χ2n) is 6.38. The standard InChI is InChI=1S/C14H20/c1-7-8(2)12-6-11(7)13-9-3-4-10(5-9)14(12)13/h3-4,7-14H,5-6H2,1-2H3. The highest BCUT2D eigenvalue weighted by atomic mass is 14.7. The number of fused-ring (bicyclic) bond motifs is 9. The second-order valence-corrected chi connectivity index (χ2v) is 6.38. The van der Waals surface area contributed by atoms with Gasteiger partial charge in [0.25, 0.3) is 0 Å². The minimum atomic E-state index is 0.995. The van der Waals surface area contributed by atoms with Crippen molar-refractivity contribution < 1.29 is 0 Å². The van der Waals surface area contributed by atoms with Crippen LogP contribution in [0.5, 0.6) is 0 Å². The highest BCUT2D eigenvalue weighted by molar-refractivity contribution is 5.21. The minimum Gasteiger partial charge on any atom is -0.0848 e. The summed E-state index contributed by atoms with van der Waals surface area (Å²) in [7, 11) is 0. The molecule has 0 nitrogen and oxygen atoms in total. The average molecular weight is 188 g/mol. The van der Waals surface area contributed by atoms with Crippen molar-refractivity contribution in [2.75, 3.05) is 0 Å². The van der Waals surface area contributed by atoms with Crippen LogP contribution in [-0.2, 0) is 0 Å². The van der Waals surface area contributed by atoms with E-state index in [-0.39, 0.29) is 0 Å². The van der Waals surface area contributed by atoms with Crippen LogP contribution in [0.3, 0.4) is 0 Å². The van der Waals surface area contributed by atoms with Crippen molar-refractivity contribution in [2.45, 2.75) is 26.7 Å². The van der Waals surface area contributed by atoms with Gasteiger partial charge in [-0.1, -0.05) is 26.0 Å². The Morgan fingerprint density at radius 3 is 1.79 bits per heavy atom. The van der Waals surface area contributed by atoms with E-state index >= 15 is 0 Å². The van der Waals surface area contributed by atoms with Gasteiger partial charge in [-0.15, -0.1) is 0 Å². The van der Waals surface area contributed by atoms with Crippen LogP contribution < -0.4 is 0 Å². The van der Waals surface area contributed by atoms with E-state index < -0.39 is 0 Å². The SMILES string of the molecule is CC1C(C)C2CC1C1C3C=CC(C3)C21. The van der Waals surface area contributed by atoms with Crippen LogP contribution in [0.4, 0.5) is 0 Å². The smallest absolute Gasteiger partial charge is 0.0194 e. The zero-order valence-electron chi connectivity index (χ0n) is 9.19. The molecule has 0 radical (unpaired) electrons. The van der Waals surface area contributed by atoms with Crippen LogP contribution in [0.25, 0.3) is 0 Å². The van der Waals surface area contributed by atoms with Crippen molar-refractivity contribution in [3.8, 4) is 0 Å². The fourth-order valence-electron chi connectivity index (χ4n) is 5.64. The van der Waals surface area contributed by atoms with Gasteiger partial charge in [-0.05, 0) is 60.2 Å². The van der Waals surface area contributed by atoms with Gasteiger partial charge in [-0.25, -0.2) is 0 Å². The van der Waals surface area contributed by atoms with Crippen molar-refractivity contribution in [3.63, 3.8) is 0 Å². The van der Waals surface area contributed by atoms with E-state index in [0.29, 0.717) is 0 Å². The van der Waals surface area contributed by atoms with Crippen molar-refractivity contribution in [2.24, 2.45) is 47.3 Å². The molecule has 4 aliphatic rings. The molecule has 14 heavy (non-hydrogen) atoms. The predicted octanol–water partition coefficient (Wildman–Crippen LogP) is 3.35. The lowest BCUT2D eigenvalue weighted by Crippen LogP contribution is -2.34. The Balaban J connectivity index is 1.78. The molecule has 0 spiro atoms. The summed E-state index contributed by atoms with van der Waals surface area (Å²) in [6, 6.07) is 0. The van der Waals surface area contributed by atoms with E-state index in [4.69, 9.17) is 0 Å². The molecule has 0 heterocycles. The molecule has 3 saturated carbocycles. The highest BCUT2D eigenvalue weighted by Gasteiger charge is 2.62. The Labute approximate surface area is 86.8 Å². The molecule has 8 unspecified atom stereocenters. The molecule has 0 aromatic heterocycles. The van der Waals surface area contributed by atoms with E-state index in [1.165, 1.54) is 6.42 Å². The quantitative estimate of drug-likeness (QED) is 0.404. The van der Waals surface area contributed by atoms with Crippen LogP contribution in [0.2, 0.25) is 0 Å². The first-order valence-electron chi connectivity index (χ1n) is 6.45.